The molecule has 0 saturated heterocycles. The van der Waals surface area contributed by atoms with Gasteiger partial charge in [0.2, 0.25) is 0 Å². The third-order valence-corrected chi connectivity index (χ3v) is 2.72. The second kappa shape index (κ2) is 5.30. The molecule has 0 atom stereocenters. The van der Waals surface area contributed by atoms with Crippen LogP contribution in [0.2, 0.25) is 5.02 Å². The molecule has 0 bridgehead atoms. The highest BCUT2D eigenvalue weighted by Crippen LogP contribution is 2.26. The molecule has 0 saturated carbocycles. The van der Waals surface area contributed by atoms with E-state index in [4.69, 9.17) is 11.6 Å². The Balaban J connectivity index is 2.16. The molecule has 1 aromatic carbocycles. The normalized spacial score (nSPS) is 10.7. The number of nitrogens with zero attached hydrogens (tertiary/aromatic N) is 3. The smallest absolute Gasteiger partial charge is 0.150 e. The Labute approximate surface area is 108 Å². The van der Waals surface area contributed by atoms with Crippen LogP contribution < -0.4 is 5.32 Å². The first-order chi connectivity index (χ1) is 8.61. The van der Waals surface area contributed by atoms with Crippen molar-refractivity contribution in [2.24, 2.45) is 0 Å². The van der Waals surface area contributed by atoms with E-state index in [1.807, 2.05) is 6.92 Å². The van der Waals surface area contributed by atoms with Crippen LogP contribution in [-0.4, -0.2) is 14.8 Å². The summed E-state index contributed by atoms with van der Waals surface area (Å²) in [4.78, 5) is 4.03. The topological polar surface area (TPSA) is 42.7 Å². The highest BCUT2D eigenvalue weighted by molar-refractivity contribution is 6.33. The minimum absolute atomic E-state index is 0.00457. The summed E-state index contributed by atoms with van der Waals surface area (Å²) in [5.41, 5.74) is 0.0590. The van der Waals surface area contributed by atoms with Crippen LogP contribution in [0.3, 0.4) is 0 Å². The van der Waals surface area contributed by atoms with Gasteiger partial charge in [-0.1, -0.05) is 11.6 Å². The first-order valence-corrected chi connectivity index (χ1v) is 5.74. The third-order valence-electron chi connectivity index (χ3n) is 2.43. The Bertz CT molecular complexity index is 533. The monoisotopic (exact) mass is 272 g/mol. The van der Waals surface area contributed by atoms with Gasteiger partial charge in [0.25, 0.3) is 0 Å². The summed E-state index contributed by atoms with van der Waals surface area (Å²) >= 11 is 5.76. The van der Waals surface area contributed by atoms with Gasteiger partial charge < -0.3 is 5.32 Å². The van der Waals surface area contributed by atoms with E-state index in [0.717, 1.165) is 12.1 Å². The fraction of sp³-hybridized carbons (Fsp3) is 0.273. The number of benzene rings is 1. The Hall–Kier alpha value is -1.69. The average Bonchev–Trinajstić information content (AvgIpc) is 2.75. The third kappa shape index (κ3) is 2.59. The molecular weight excluding hydrogens is 262 g/mol. The van der Waals surface area contributed by atoms with E-state index >= 15 is 0 Å². The summed E-state index contributed by atoms with van der Waals surface area (Å²) in [5.74, 6) is -0.792. The average molecular weight is 273 g/mol. The van der Waals surface area contributed by atoms with E-state index in [0.29, 0.717) is 12.4 Å². The maximum Gasteiger partial charge on any atom is 0.150 e. The van der Waals surface area contributed by atoms with E-state index < -0.39 is 11.6 Å². The SMILES string of the molecule is CCn1ncnc1CNc1c(F)cc(F)cc1Cl. The quantitative estimate of drug-likeness (QED) is 0.931. The molecule has 2 rings (SSSR count). The molecule has 4 nitrogen and oxygen atoms in total. The van der Waals surface area contributed by atoms with Crippen molar-refractivity contribution >= 4 is 17.3 Å². The molecule has 1 N–H and O–H groups in total. The molecule has 0 aliphatic carbocycles. The van der Waals surface area contributed by atoms with Crippen LogP contribution >= 0.6 is 11.6 Å². The van der Waals surface area contributed by atoms with Gasteiger partial charge in [-0.2, -0.15) is 5.10 Å². The van der Waals surface area contributed by atoms with Gasteiger partial charge in [0.15, 0.2) is 5.82 Å². The summed E-state index contributed by atoms with van der Waals surface area (Å²) in [6.45, 7) is 2.84. The lowest BCUT2D eigenvalue weighted by molar-refractivity contribution is 0.583. The molecule has 2 aromatic rings. The van der Waals surface area contributed by atoms with Gasteiger partial charge >= 0.3 is 0 Å². The number of aryl methyl sites for hydroxylation is 1. The largest absolute Gasteiger partial charge is 0.374 e. The first-order valence-electron chi connectivity index (χ1n) is 5.37. The zero-order valence-corrected chi connectivity index (χ0v) is 10.4. The molecule has 0 aliphatic heterocycles. The van der Waals surface area contributed by atoms with E-state index in [2.05, 4.69) is 15.4 Å². The van der Waals surface area contributed by atoms with Crippen molar-refractivity contribution in [2.45, 2.75) is 20.0 Å². The van der Waals surface area contributed by atoms with Crippen LogP contribution in [0.1, 0.15) is 12.7 Å². The van der Waals surface area contributed by atoms with E-state index in [-0.39, 0.29) is 17.3 Å². The standard InChI is InChI=1S/C11H11ClF2N4/c1-2-18-10(16-6-17-18)5-15-11-8(12)3-7(13)4-9(11)14/h3-4,6,15H,2,5H2,1H3. The van der Waals surface area contributed by atoms with Crippen LogP contribution in [0, 0.1) is 11.6 Å². The van der Waals surface area contributed by atoms with Gasteiger partial charge in [0.1, 0.15) is 18.0 Å². The van der Waals surface area contributed by atoms with E-state index in [9.17, 15) is 8.78 Å². The molecule has 0 aliphatic rings. The van der Waals surface area contributed by atoms with Gasteiger partial charge in [-0.15, -0.1) is 0 Å². The van der Waals surface area contributed by atoms with Crippen LogP contribution in [0.4, 0.5) is 14.5 Å². The van der Waals surface area contributed by atoms with Gasteiger partial charge in [-0.25, -0.2) is 18.4 Å². The molecule has 1 heterocycles. The molecule has 0 amide bonds. The minimum atomic E-state index is -0.734. The van der Waals surface area contributed by atoms with Gasteiger partial charge in [0, 0.05) is 12.6 Å². The number of nitrogens with one attached hydrogen (secondary N) is 1. The molecule has 1 aromatic heterocycles. The van der Waals surface area contributed by atoms with E-state index in [1.54, 1.807) is 4.68 Å². The second-order valence-electron chi connectivity index (χ2n) is 3.59. The summed E-state index contributed by atoms with van der Waals surface area (Å²) in [7, 11) is 0. The van der Waals surface area contributed by atoms with Crippen LogP contribution in [0.15, 0.2) is 18.5 Å². The van der Waals surface area contributed by atoms with Gasteiger partial charge in [0.05, 0.1) is 17.3 Å². The van der Waals surface area contributed by atoms with Crippen LogP contribution in [0.25, 0.3) is 0 Å². The molecule has 96 valence electrons. The lowest BCUT2D eigenvalue weighted by Crippen LogP contribution is -2.10. The summed E-state index contributed by atoms with van der Waals surface area (Å²) < 4.78 is 28.0. The molecule has 7 heteroatoms. The van der Waals surface area contributed by atoms with Crippen molar-refractivity contribution in [3.05, 3.63) is 40.9 Å². The van der Waals surface area contributed by atoms with Gasteiger partial charge in [-0.3, -0.25) is 0 Å². The van der Waals surface area contributed by atoms with Crippen molar-refractivity contribution in [3.8, 4) is 0 Å². The second-order valence-corrected chi connectivity index (χ2v) is 4.00. The first kappa shape index (κ1) is 12.8. The molecule has 18 heavy (non-hydrogen) atoms. The maximum atomic E-state index is 13.5. The predicted octanol–water partition coefficient (Wildman–Crippen LogP) is 2.84. The van der Waals surface area contributed by atoms with Crippen molar-refractivity contribution in [1.82, 2.24) is 14.8 Å². The maximum absolute atomic E-state index is 13.5. The fourth-order valence-corrected chi connectivity index (χ4v) is 1.83. The summed E-state index contributed by atoms with van der Waals surface area (Å²) in [6, 6.07) is 1.83. The van der Waals surface area contributed by atoms with Crippen LogP contribution in [-0.2, 0) is 13.1 Å². The molecular formula is C11H11ClF2N4. The lowest BCUT2D eigenvalue weighted by Gasteiger charge is -2.09. The molecule has 0 radical (unpaired) electrons. The summed E-state index contributed by atoms with van der Waals surface area (Å²) in [6.07, 6.45) is 1.42. The molecule has 0 fully saturated rings. The highest BCUT2D eigenvalue weighted by Gasteiger charge is 2.11. The van der Waals surface area contributed by atoms with E-state index in [1.165, 1.54) is 6.33 Å². The summed E-state index contributed by atoms with van der Waals surface area (Å²) in [5, 5.41) is 6.77. The Kier molecular flexibility index (Phi) is 3.76. The number of anilines is 1. The number of hydrogen-bond donors (Lipinski definition) is 1. The number of rotatable bonds is 4. The Morgan fingerprint density at radius 1 is 1.39 bits per heavy atom. The number of aromatic nitrogens is 3. The Morgan fingerprint density at radius 3 is 2.83 bits per heavy atom. The van der Waals surface area contributed by atoms with Crippen molar-refractivity contribution in [1.29, 1.82) is 0 Å². The van der Waals surface area contributed by atoms with Gasteiger partial charge in [-0.05, 0) is 13.0 Å². The predicted molar refractivity (Wildman–Crippen MR) is 64.4 cm³/mol. The Morgan fingerprint density at radius 2 is 2.17 bits per heavy atom. The van der Waals surface area contributed by atoms with Crippen molar-refractivity contribution in [3.63, 3.8) is 0 Å². The lowest BCUT2D eigenvalue weighted by atomic mass is 10.3. The zero-order chi connectivity index (χ0) is 13.1. The molecule has 0 unspecified atom stereocenters. The van der Waals surface area contributed by atoms with Crippen molar-refractivity contribution < 1.29 is 8.78 Å². The number of halogens is 3. The minimum Gasteiger partial charge on any atom is -0.374 e. The number of hydrogen-bond acceptors (Lipinski definition) is 3. The van der Waals surface area contributed by atoms with Crippen LogP contribution in [0.5, 0.6) is 0 Å². The van der Waals surface area contributed by atoms with Crippen molar-refractivity contribution in [2.75, 3.05) is 5.32 Å². The fourth-order valence-electron chi connectivity index (χ4n) is 1.57. The highest BCUT2D eigenvalue weighted by atomic mass is 35.5. The zero-order valence-electron chi connectivity index (χ0n) is 9.62. The molecule has 0 spiro atoms.